The van der Waals surface area contributed by atoms with Gasteiger partial charge in [0.15, 0.2) is 9.84 Å². The third kappa shape index (κ3) is 3.80. The van der Waals surface area contributed by atoms with E-state index in [2.05, 4.69) is 0 Å². The van der Waals surface area contributed by atoms with Gasteiger partial charge in [-0.15, -0.1) is 0 Å². The van der Waals surface area contributed by atoms with Gasteiger partial charge in [-0.2, -0.15) is 0 Å². The van der Waals surface area contributed by atoms with E-state index in [1.807, 2.05) is 0 Å². The number of esters is 1. The number of hydrogen-bond donors (Lipinski definition) is 1. The number of likely N-dealkylation sites (tertiary alicyclic amines) is 1. The molecule has 0 spiro atoms. The van der Waals surface area contributed by atoms with Gasteiger partial charge >= 0.3 is 5.97 Å². The van der Waals surface area contributed by atoms with Crippen LogP contribution in [0.15, 0.2) is 60.2 Å². The molecule has 2 aromatic carbocycles. The van der Waals surface area contributed by atoms with Gasteiger partial charge in [0, 0.05) is 11.6 Å². The van der Waals surface area contributed by atoms with Crippen molar-refractivity contribution in [3.05, 3.63) is 76.9 Å². The predicted molar refractivity (Wildman–Crippen MR) is 115 cm³/mol. The molecule has 2 aliphatic rings. The highest BCUT2D eigenvalue weighted by molar-refractivity contribution is 7.91. The highest BCUT2D eigenvalue weighted by atomic mass is 32.2. The zero-order valence-corrected chi connectivity index (χ0v) is 18.0. The van der Waals surface area contributed by atoms with Gasteiger partial charge in [-0.05, 0) is 24.1 Å². The van der Waals surface area contributed by atoms with Gasteiger partial charge in [0.25, 0.3) is 11.7 Å². The van der Waals surface area contributed by atoms with Crippen molar-refractivity contribution in [2.75, 3.05) is 18.6 Å². The molecule has 2 aromatic rings. The third-order valence-electron chi connectivity index (χ3n) is 5.78. The van der Waals surface area contributed by atoms with Gasteiger partial charge in [0.1, 0.15) is 5.76 Å². The Kier molecular flexibility index (Phi) is 5.60. The van der Waals surface area contributed by atoms with Gasteiger partial charge in [0.05, 0.1) is 35.8 Å². The zero-order valence-electron chi connectivity index (χ0n) is 17.2. The molecule has 0 aromatic heterocycles. The summed E-state index contributed by atoms with van der Waals surface area (Å²) in [5.41, 5.74) is 0.996. The minimum absolute atomic E-state index is 0.0760. The minimum atomic E-state index is -3.34. The molecule has 2 heterocycles. The summed E-state index contributed by atoms with van der Waals surface area (Å²) in [4.78, 5) is 39.1. The maximum atomic E-state index is 13.0. The second-order valence-corrected chi connectivity index (χ2v) is 9.97. The monoisotopic (exact) mass is 455 g/mol. The maximum absolute atomic E-state index is 13.0. The van der Waals surface area contributed by atoms with Gasteiger partial charge in [0.2, 0.25) is 0 Å². The molecule has 0 bridgehead atoms. The largest absolute Gasteiger partial charge is 0.507 e. The van der Waals surface area contributed by atoms with Gasteiger partial charge < -0.3 is 14.7 Å². The lowest BCUT2D eigenvalue weighted by Gasteiger charge is -2.30. The topological polar surface area (TPSA) is 118 Å². The summed E-state index contributed by atoms with van der Waals surface area (Å²) in [5.74, 6) is -2.94. The zero-order chi connectivity index (χ0) is 23.0. The Morgan fingerprint density at radius 1 is 1.03 bits per heavy atom. The summed E-state index contributed by atoms with van der Waals surface area (Å²) < 4.78 is 28.9. The SMILES string of the molecule is COC(=O)c1ccc([C@@H]2C(=C(O)c3ccccc3)C(=O)C(=O)N2[C@H]2CCS(=O)(=O)C2)cc1. The summed E-state index contributed by atoms with van der Waals surface area (Å²) in [7, 11) is -2.08. The second kappa shape index (κ2) is 8.23. The molecule has 2 aliphatic heterocycles. The second-order valence-electron chi connectivity index (χ2n) is 7.74. The number of sulfone groups is 1. The first-order valence-corrected chi connectivity index (χ1v) is 11.8. The Balaban J connectivity index is 1.86. The number of carbonyl (C=O) groups excluding carboxylic acids is 3. The van der Waals surface area contributed by atoms with Crippen LogP contribution in [-0.2, 0) is 24.2 Å². The van der Waals surface area contributed by atoms with Crippen molar-refractivity contribution >= 4 is 33.3 Å². The molecule has 32 heavy (non-hydrogen) atoms. The van der Waals surface area contributed by atoms with Crippen molar-refractivity contribution < 1.29 is 32.6 Å². The lowest BCUT2D eigenvalue weighted by atomic mass is 9.94. The van der Waals surface area contributed by atoms with Gasteiger partial charge in [-0.1, -0.05) is 42.5 Å². The van der Waals surface area contributed by atoms with Gasteiger partial charge in [-0.3, -0.25) is 9.59 Å². The molecule has 0 saturated carbocycles. The fraction of sp³-hybridized carbons (Fsp3) is 0.261. The molecule has 1 amide bonds. The van der Waals surface area contributed by atoms with Gasteiger partial charge in [-0.25, -0.2) is 13.2 Å². The Hall–Kier alpha value is -3.46. The lowest BCUT2D eigenvalue weighted by Crippen LogP contribution is -2.40. The molecular weight excluding hydrogens is 434 g/mol. The van der Waals surface area contributed by atoms with Crippen LogP contribution in [0.4, 0.5) is 0 Å². The van der Waals surface area contributed by atoms with Crippen LogP contribution < -0.4 is 0 Å². The quantitative estimate of drug-likeness (QED) is 0.325. The molecule has 2 saturated heterocycles. The van der Waals surface area contributed by atoms with Crippen molar-refractivity contribution in [3.8, 4) is 0 Å². The molecule has 8 nitrogen and oxygen atoms in total. The molecular formula is C23H21NO7S. The number of nitrogens with zero attached hydrogens (tertiary/aromatic N) is 1. The molecule has 2 fully saturated rings. The van der Waals surface area contributed by atoms with E-state index in [1.54, 1.807) is 42.5 Å². The van der Waals surface area contributed by atoms with E-state index in [4.69, 9.17) is 4.74 Å². The van der Waals surface area contributed by atoms with Crippen LogP contribution >= 0.6 is 0 Å². The highest BCUT2D eigenvalue weighted by Gasteiger charge is 2.50. The van der Waals surface area contributed by atoms with Crippen LogP contribution in [0.25, 0.3) is 5.76 Å². The van der Waals surface area contributed by atoms with E-state index < -0.39 is 39.6 Å². The number of ether oxygens (including phenoxy) is 1. The van der Waals surface area contributed by atoms with Crippen LogP contribution in [0, 0.1) is 0 Å². The number of aliphatic hydroxyl groups is 1. The fourth-order valence-electron chi connectivity index (χ4n) is 4.22. The van der Waals surface area contributed by atoms with Crippen LogP contribution in [0.3, 0.4) is 0 Å². The Bertz CT molecular complexity index is 1220. The molecule has 1 N–H and O–H groups in total. The summed E-state index contributed by atoms with van der Waals surface area (Å²) in [6.07, 6.45) is 0.206. The number of hydrogen-bond acceptors (Lipinski definition) is 7. The Morgan fingerprint density at radius 2 is 1.69 bits per heavy atom. The number of benzene rings is 2. The standard InChI is InChI=1S/C23H21NO7S/c1-31-23(28)16-9-7-14(8-10-16)19-18(20(25)15-5-3-2-4-6-15)21(26)22(27)24(19)17-11-12-32(29,30)13-17/h2-10,17,19,25H,11-13H2,1H3/t17-,19+/m0/s1. The van der Waals surface area contributed by atoms with E-state index in [1.165, 1.54) is 24.1 Å². The van der Waals surface area contributed by atoms with Crippen LogP contribution in [-0.4, -0.2) is 60.7 Å². The number of aliphatic hydroxyl groups excluding tert-OH is 1. The molecule has 166 valence electrons. The third-order valence-corrected chi connectivity index (χ3v) is 7.53. The molecule has 0 aliphatic carbocycles. The number of carbonyl (C=O) groups is 3. The van der Waals surface area contributed by atoms with Crippen LogP contribution in [0.1, 0.15) is 33.9 Å². The fourth-order valence-corrected chi connectivity index (χ4v) is 5.93. The summed E-state index contributed by atoms with van der Waals surface area (Å²) in [6, 6.07) is 12.8. The van der Waals surface area contributed by atoms with Crippen LogP contribution in [0.5, 0.6) is 0 Å². The van der Waals surface area contributed by atoms with E-state index in [0.29, 0.717) is 11.1 Å². The van der Waals surface area contributed by atoms with Crippen molar-refractivity contribution in [2.24, 2.45) is 0 Å². The van der Waals surface area contributed by atoms with Crippen molar-refractivity contribution in [2.45, 2.75) is 18.5 Å². The number of Topliss-reactive ketones (excluding diaryl/α,β-unsaturated/α-hetero) is 1. The lowest BCUT2D eigenvalue weighted by molar-refractivity contribution is -0.141. The van der Waals surface area contributed by atoms with Crippen molar-refractivity contribution in [1.29, 1.82) is 0 Å². The number of methoxy groups -OCH3 is 1. The first-order chi connectivity index (χ1) is 15.2. The summed E-state index contributed by atoms with van der Waals surface area (Å²) >= 11 is 0. The highest BCUT2D eigenvalue weighted by Crippen LogP contribution is 2.42. The predicted octanol–water partition coefficient (Wildman–Crippen LogP) is 2.08. The molecule has 2 atom stereocenters. The van der Waals surface area contributed by atoms with Crippen LogP contribution in [0.2, 0.25) is 0 Å². The maximum Gasteiger partial charge on any atom is 0.337 e. The Morgan fingerprint density at radius 3 is 2.25 bits per heavy atom. The number of amides is 1. The van der Waals surface area contributed by atoms with E-state index >= 15 is 0 Å². The molecule has 0 radical (unpaired) electrons. The molecule has 4 rings (SSSR count). The summed E-state index contributed by atoms with van der Waals surface area (Å²) in [6.45, 7) is 0. The normalized spacial score (nSPS) is 24.0. The minimum Gasteiger partial charge on any atom is -0.507 e. The van der Waals surface area contributed by atoms with E-state index in [0.717, 1.165) is 0 Å². The average Bonchev–Trinajstić information content (AvgIpc) is 3.29. The first kappa shape index (κ1) is 21.8. The van der Waals surface area contributed by atoms with E-state index in [-0.39, 0.29) is 34.8 Å². The van der Waals surface area contributed by atoms with E-state index in [9.17, 15) is 27.9 Å². The average molecular weight is 455 g/mol. The molecule has 0 unspecified atom stereocenters. The molecule has 9 heteroatoms. The van der Waals surface area contributed by atoms with Crippen molar-refractivity contribution in [1.82, 2.24) is 4.90 Å². The smallest absolute Gasteiger partial charge is 0.337 e. The number of ketones is 1. The number of rotatable bonds is 4. The van der Waals surface area contributed by atoms with Crippen molar-refractivity contribution in [3.63, 3.8) is 0 Å². The first-order valence-electron chi connectivity index (χ1n) is 9.97. The summed E-state index contributed by atoms with van der Waals surface area (Å²) in [5, 5.41) is 11.0. The Labute approximate surface area is 185 Å².